The molecule has 2 N–H and O–H groups in total. The summed E-state index contributed by atoms with van der Waals surface area (Å²) in [5.74, 6) is 0.540. The van der Waals surface area contributed by atoms with Crippen LogP contribution in [0.1, 0.15) is 25.5 Å². The van der Waals surface area contributed by atoms with Crippen LogP contribution in [-0.2, 0) is 0 Å². The Morgan fingerprint density at radius 3 is 2.44 bits per heavy atom. The number of nitrogens with zero attached hydrogens (tertiary/aromatic N) is 4. The smallest absolute Gasteiger partial charge is 0.269 e. The van der Waals surface area contributed by atoms with Crippen LogP contribution in [0.5, 0.6) is 0 Å². The van der Waals surface area contributed by atoms with Gasteiger partial charge in [-0.15, -0.1) is 5.10 Å². The molecule has 0 aliphatic carbocycles. The summed E-state index contributed by atoms with van der Waals surface area (Å²) in [4.78, 5) is 10.1. The second-order valence-corrected chi connectivity index (χ2v) is 4.20. The van der Waals surface area contributed by atoms with Gasteiger partial charge in [-0.3, -0.25) is 10.1 Å². The Hall–Kier alpha value is -2.44. The zero-order valence-electron chi connectivity index (χ0n) is 10.1. The number of nitrogens with two attached hydrogens (primary N) is 1. The predicted molar refractivity (Wildman–Crippen MR) is 66.5 cm³/mol. The second-order valence-electron chi connectivity index (χ2n) is 4.20. The molecule has 0 bridgehead atoms. The molecular formula is C11H13N5O2. The fourth-order valence-electron chi connectivity index (χ4n) is 1.75. The monoisotopic (exact) mass is 247 g/mol. The molecule has 2 rings (SSSR count). The molecule has 18 heavy (non-hydrogen) atoms. The van der Waals surface area contributed by atoms with Gasteiger partial charge in [0.1, 0.15) is 0 Å². The third-order valence-electron chi connectivity index (χ3n) is 2.58. The Labute approximate surface area is 103 Å². The third kappa shape index (κ3) is 2.02. The molecule has 0 spiro atoms. The first-order chi connectivity index (χ1) is 8.50. The van der Waals surface area contributed by atoms with Crippen molar-refractivity contribution in [3.63, 3.8) is 0 Å². The fraction of sp³-hybridized carbons (Fsp3) is 0.273. The maximum Gasteiger partial charge on any atom is 0.269 e. The summed E-state index contributed by atoms with van der Waals surface area (Å²) < 4.78 is 1.60. The SMILES string of the molecule is CC(C)c1c(N)nnn1-c1ccc([N+](=O)[O-])cc1. The first-order valence-electron chi connectivity index (χ1n) is 5.46. The van der Waals surface area contributed by atoms with Crippen molar-refractivity contribution in [2.75, 3.05) is 5.73 Å². The van der Waals surface area contributed by atoms with E-state index in [0.29, 0.717) is 11.5 Å². The van der Waals surface area contributed by atoms with E-state index in [0.717, 1.165) is 5.69 Å². The molecule has 1 heterocycles. The largest absolute Gasteiger partial charge is 0.381 e. The van der Waals surface area contributed by atoms with E-state index in [-0.39, 0.29) is 11.6 Å². The van der Waals surface area contributed by atoms with Crippen molar-refractivity contribution in [3.8, 4) is 5.69 Å². The molecule has 0 saturated carbocycles. The lowest BCUT2D eigenvalue weighted by molar-refractivity contribution is -0.384. The number of nitrogen functional groups attached to an aromatic ring is 1. The lowest BCUT2D eigenvalue weighted by Crippen LogP contribution is -2.05. The van der Waals surface area contributed by atoms with Crippen LogP contribution in [0.3, 0.4) is 0 Å². The van der Waals surface area contributed by atoms with Gasteiger partial charge in [0, 0.05) is 12.1 Å². The molecule has 0 aliphatic heterocycles. The molecule has 1 aromatic carbocycles. The van der Waals surface area contributed by atoms with E-state index < -0.39 is 4.92 Å². The number of non-ortho nitro benzene ring substituents is 1. The number of hydrogen-bond donors (Lipinski definition) is 1. The quantitative estimate of drug-likeness (QED) is 0.659. The van der Waals surface area contributed by atoms with Crippen LogP contribution in [0, 0.1) is 10.1 Å². The first-order valence-corrected chi connectivity index (χ1v) is 5.46. The average Bonchev–Trinajstić information content (AvgIpc) is 2.71. The summed E-state index contributed by atoms with van der Waals surface area (Å²) in [5.41, 5.74) is 7.29. The van der Waals surface area contributed by atoms with Crippen LogP contribution in [0.15, 0.2) is 24.3 Å². The van der Waals surface area contributed by atoms with E-state index in [1.807, 2.05) is 13.8 Å². The minimum absolute atomic E-state index is 0.0398. The highest BCUT2D eigenvalue weighted by molar-refractivity contribution is 5.45. The van der Waals surface area contributed by atoms with Gasteiger partial charge in [0.2, 0.25) is 0 Å². The standard InChI is InChI=1S/C11H13N5O2/c1-7(2)10-11(12)13-14-15(10)8-3-5-9(6-4-8)16(17)18/h3-7H,12H2,1-2H3. The minimum Gasteiger partial charge on any atom is -0.381 e. The third-order valence-corrected chi connectivity index (χ3v) is 2.58. The van der Waals surface area contributed by atoms with Crippen molar-refractivity contribution in [2.45, 2.75) is 19.8 Å². The van der Waals surface area contributed by atoms with E-state index in [1.165, 1.54) is 12.1 Å². The van der Waals surface area contributed by atoms with E-state index in [4.69, 9.17) is 5.73 Å². The molecule has 0 amide bonds. The Bertz CT molecular complexity index is 574. The molecule has 94 valence electrons. The van der Waals surface area contributed by atoms with Gasteiger partial charge < -0.3 is 5.73 Å². The second kappa shape index (κ2) is 4.44. The van der Waals surface area contributed by atoms with Gasteiger partial charge in [0.15, 0.2) is 5.82 Å². The maximum atomic E-state index is 10.6. The van der Waals surface area contributed by atoms with Crippen LogP contribution in [0.2, 0.25) is 0 Å². The molecular weight excluding hydrogens is 234 g/mol. The number of hydrogen-bond acceptors (Lipinski definition) is 5. The average molecular weight is 247 g/mol. The van der Waals surface area contributed by atoms with Gasteiger partial charge in [-0.25, -0.2) is 4.68 Å². The summed E-state index contributed by atoms with van der Waals surface area (Å²) in [6.07, 6.45) is 0. The highest BCUT2D eigenvalue weighted by Gasteiger charge is 2.15. The molecule has 1 aromatic heterocycles. The van der Waals surface area contributed by atoms with Crippen molar-refractivity contribution in [1.29, 1.82) is 0 Å². The highest BCUT2D eigenvalue weighted by Crippen LogP contribution is 2.23. The van der Waals surface area contributed by atoms with Crippen molar-refractivity contribution >= 4 is 11.5 Å². The van der Waals surface area contributed by atoms with Gasteiger partial charge in [-0.1, -0.05) is 19.1 Å². The number of rotatable bonds is 3. The lowest BCUT2D eigenvalue weighted by Gasteiger charge is -2.09. The van der Waals surface area contributed by atoms with Crippen LogP contribution in [0.25, 0.3) is 5.69 Å². The molecule has 0 unspecified atom stereocenters. The van der Waals surface area contributed by atoms with Crippen molar-refractivity contribution < 1.29 is 4.92 Å². The summed E-state index contributed by atoms with van der Waals surface area (Å²) in [6, 6.07) is 6.10. The molecule has 0 saturated heterocycles. The van der Waals surface area contributed by atoms with Crippen molar-refractivity contribution in [1.82, 2.24) is 15.0 Å². The Morgan fingerprint density at radius 1 is 1.33 bits per heavy atom. The van der Waals surface area contributed by atoms with Gasteiger partial charge in [0.25, 0.3) is 5.69 Å². The number of nitro groups is 1. The molecule has 0 radical (unpaired) electrons. The fourth-order valence-corrected chi connectivity index (χ4v) is 1.75. The molecule has 7 heteroatoms. The Kier molecular flexibility index (Phi) is 2.97. The number of anilines is 1. The molecule has 7 nitrogen and oxygen atoms in total. The molecule has 0 fully saturated rings. The highest BCUT2D eigenvalue weighted by atomic mass is 16.6. The minimum atomic E-state index is -0.442. The Morgan fingerprint density at radius 2 is 1.94 bits per heavy atom. The lowest BCUT2D eigenvalue weighted by atomic mass is 10.1. The van der Waals surface area contributed by atoms with Crippen molar-refractivity contribution in [3.05, 3.63) is 40.1 Å². The van der Waals surface area contributed by atoms with Gasteiger partial charge in [-0.05, 0) is 18.1 Å². The van der Waals surface area contributed by atoms with E-state index in [1.54, 1.807) is 16.8 Å². The summed E-state index contributed by atoms with van der Waals surface area (Å²) in [7, 11) is 0. The molecule has 0 aliphatic rings. The normalized spacial score (nSPS) is 10.8. The zero-order valence-corrected chi connectivity index (χ0v) is 10.1. The van der Waals surface area contributed by atoms with Crippen LogP contribution >= 0.6 is 0 Å². The van der Waals surface area contributed by atoms with Crippen molar-refractivity contribution in [2.24, 2.45) is 0 Å². The topological polar surface area (TPSA) is 99.9 Å². The maximum absolute atomic E-state index is 10.6. The predicted octanol–water partition coefficient (Wildman–Crippen LogP) is 1.88. The van der Waals surface area contributed by atoms with Gasteiger partial charge >= 0.3 is 0 Å². The summed E-state index contributed by atoms with van der Waals surface area (Å²) >= 11 is 0. The number of benzene rings is 1. The number of aromatic nitrogens is 3. The van der Waals surface area contributed by atoms with E-state index in [2.05, 4.69) is 10.3 Å². The van der Waals surface area contributed by atoms with Crippen LogP contribution < -0.4 is 5.73 Å². The zero-order chi connectivity index (χ0) is 13.3. The molecule has 0 atom stereocenters. The molecule has 2 aromatic rings. The summed E-state index contributed by atoms with van der Waals surface area (Å²) in [5, 5.41) is 18.4. The number of nitro benzene ring substituents is 1. The van der Waals surface area contributed by atoms with Crippen LogP contribution in [-0.4, -0.2) is 19.9 Å². The summed E-state index contributed by atoms with van der Waals surface area (Å²) in [6.45, 7) is 3.97. The van der Waals surface area contributed by atoms with E-state index >= 15 is 0 Å². The van der Waals surface area contributed by atoms with Crippen LogP contribution in [0.4, 0.5) is 11.5 Å². The van der Waals surface area contributed by atoms with Gasteiger partial charge in [-0.2, -0.15) is 0 Å². The van der Waals surface area contributed by atoms with E-state index in [9.17, 15) is 10.1 Å². The Balaban J connectivity index is 2.46. The van der Waals surface area contributed by atoms with Gasteiger partial charge in [0.05, 0.1) is 16.3 Å². The first kappa shape index (κ1) is 12.0.